The number of guanidine groups is 1. The maximum atomic E-state index is 12.5. The van der Waals surface area contributed by atoms with Gasteiger partial charge in [0.25, 0.3) is 5.91 Å². The number of aliphatic imine (C=N–C) groups is 1. The smallest absolute Gasteiger partial charge is 0.343 e. The van der Waals surface area contributed by atoms with Gasteiger partial charge in [-0.15, -0.1) is 0 Å². The van der Waals surface area contributed by atoms with Crippen LogP contribution in [0.15, 0.2) is 96.0 Å². The summed E-state index contributed by atoms with van der Waals surface area (Å²) in [6.07, 6.45) is 0. The van der Waals surface area contributed by atoms with Gasteiger partial charge < -0.3 is 16.2 Å². The van der Waals surface area contributed by atoms with Gasteiger partial charge in [0.15, 0.2) is 0 Å². The van der Waals surface area contributed by atoms with Crippen molar-refractivity contribution in [2.45, 2.75) is 0 Å². The highest BCUT2D eigenvalue weighted by molar-refractivity contribution is 6.05. The number of nitrogen functional groups attached to an aromatic ring is 1. The van der Waals surface area contributed by atoms with Crippen LogP contribution in [0.2, 0.25) is 0 Å². The molecule has 0 unspecified atom stereocenters. The van der Waals surface area contributed by atoms with Crippen LogP contribution < -0.4 is 21.5 Å². The van der Waals surface area contributed by atoms with Gasteiger partial charge in [0.05, 0.1) is 11.3 Å². The Hall–Kier alpha value is -4.98. The summed E-state index contributed by atoms with van der Waals surface area (Å²) >= 11 is 0. The van der Waals surface area contributed by atoms with Gasteiger partial charge in [0, 0.05) is 11.1 Å². The second-order valence-electron chi connectivity index (χ2n) is 7.39. The number of hydrogen-bond acceptors (Lipinski definition) is 5. The molecule has 4 rings (SSSR count). The Morgan fingerprint density at radius 1 is 0.765 bits per heavy atom. The van der Waals surface area contributed by atoms with E-state index in [-0.39, 0.29) is 17.7 Å². The Morgan fingerprint density at radius 3 is 2.12 bits per heavy atom. The fourth-order valence-corrected chi connectivity index (χ4v) is 3.24. The van der Waals surface area contributed by atoms with E-state index in [1.54, 1.807) is 78.9 Å². The molecule has 8 heteroatoms. The molecule has 0 fully saturated rings. The van der Waals surface area contributed by atoms with E-state index >= 15 is 0 Å². The quantitative estimate of drug-likeness (QED) is 0.158. The number of carbonyl (C=O) groups excluding carboxylic acids is 2. The molecule has 0 aliphatic heterocycles. The van der Waals surface area contributed by atoms with E-state index in [0.717, 1.165) is 10.8 Å². The van der Waals surface area contributed by atoms with Crippen molar-refractivity contribution < 1.29 is 14.3 Å². The number of nitrogens with two attached hydrogens (primary N) is 2. The Labute approximate surface area is 195 Å². The minimum atomic E-state index is -0.527. The number of ether oxygens (including phenoxy) is 1. The summed E-state index contributed by atoms with van der Waals surface area (Å²) in [5, 5.41) is 11.8. The van der Waals surface area contributed by atoms with Gasteiger partial charge in [-0.3, -0.25) is 15.5 Å². The van der Waals surface area contributed by atoms with Crippen LogP contribution in [0.5, 0.6) is 5.75 Å². The second-order valence-corrected chi connectivity index (χ2v) is 7.39. The zero-order chi connectivity index (χ0) is 24.1. The molecule has 8 nitrogen and oxygen atoms in total. The fraction of sp³-hybridized carbons (Fsp3) is 0. The van der Waals surface area contributed by atoms with Gasteiger partial charge in [0.2, 0.25) is 5.96 Å². The number of nitrogens with zero attached hydrogens (tertiary/aromatic N) is 1. The SMILES string of the molecule is N=C(N)c1ccc2cc(OC(=O)c3ccc(N=C(N)NC(=O)c4ccccc4)cc3)ccc2c1. The Kier molecular flexibility index (Phi) is 6.31. The molecular weight excluding hydrogens is 430 g/mol. The first kappa shape index (κ1) is 22.2. The average Bonchev–Trinajstić information content (AvgIpc) is 2.84. The molecule has 4 aromatic rings. The van der Waals surface area contributed by atoms with Gasteiger partial charge in [-0.25, -0.2) is 9.79 Å². The van der Waals surface area contributed by atoms with Gasteiger partial charge >= 0.3 is 5.97 Å². The summed E-state index contributed by atoms with van der Waals surface area (Å²) in [5.74, 6) is -0.572. The predicted molar refractivity (Wildman–Crippen MR) is 132 cm³/mol. The molecule has 0 aromatic heterocycles. The molecule has 1 amide bonds. The van der Waals surface area contributed by atoms with Gasteiger partial charge in [-0.2, -0.15) is 0 Å². The van der Waals surface area contributed by atoms with E-state index in [0.29, 0.717) is 28.1 Å². The van der Waals surface area contributed by atoms with Crippen LogP contribution in [0.4, 0.5) is 5.69 Å². The van der Waals surface area contributed by atoms with Crippen molar-refractivity contribution in [3.05, 3.63) is 108 Å². The number of nitrogens with one attached hydrogen (secondary N) is 2. The van der Waals surface area contributed by atoms with Crippen LogP contribution in [0, 0.1) is 5.41 Å². The van der Waals surface area contributed by atoms with E-state index in [1.165, 1.54) is 0 Å². The molecule has 168 valence electrons. The molecule has 0 bridgehead atoms. The highest BCUT2D eigenvalue weighted by Gasteiger charge is 2.10. The Bertz CT molecular complexity index is 1410. The van der Waals surface area contributed by atoms with Crippen molar-refractivity contribution in [1.29, 1.82) is 5.41 Å². The van der Waals surface area contributed by atoms with Crippen molar-refractivity contribution in [2.24, 2.45) is 16.5 Å². The lowest BCUT2D eigenvalue weighted by Crippen LogP contribution is -2.36. The molecule has 0 atom stereocenters. The molecule has 0 heterocycles. The molecule has 34 heavy (non-hydrogen) atoms. The summed E-state index contributed by atoms with van der Waals surface area (Å²) in [7, 11) is 0. The highest BCUT2D eigenvalue weighted by Crippen LogP contribution is 2.23. The molecular formula is C26H21N5O3. The first-order valence-corrected chi connectivity index (χ1v) is 10.3. The van der Waals surface area contributed by atoms with Crippen molar-refractivity contribution in [2.75, 3.05) is 0 Å². The molecule has 0 aliphatic rings. The lowest BCUT2D eigenvalue weighted by Gasteiger charge is -2.07. The molecule has 0 saturated carbocycles. The number of carbonyl (C=O) groups is 2. The van der Waals surface area contributed by atoms with Crippen LogP contribution in [0.25, 0.3) is 10.8 Å². The standard InChI is InChI=1S/C26H21N5O3/c27-23(28)20-7-6-19-15-22(13-10-18(19)14-20)34-25(33)17-8-11-21(12-9-17)30-26(29)31-24(32)16-4-2-1-3-5-16/h1-15H,(H3,27,28)(H3,29,30,31,32). The van der Waals surface area contributed by atoms with Crippen molar-refractivity contribution in [3.8, 4) is 5.75 Å². The molecule has 0 spiro atoms. The van der Waals surface area contributed by atoms with E-state index < -0.39 is 5.97 Å². The third-order valence-electron chi connectivity index (χ3n) is 4.96. The maximum absolute atomic E-state index is 12.5. The maximum Gasteiger partial charge on any atom is 0.343 e. The zero-order valence-corrected chi connectivity index (χ0v) is 18.0. The number of esters is 1. The first-order valence-electron chi connectivity index (χ1n) is 10.3. The van der Waals surface area contributed by atoms with Crippen LogP contribution in [0.1, 0.15) is 26.3 Å². The van der Waals surface area contributed by atoms with E-state index in [1.807, 2.05) is 12.1 Å². The molecule has 0 aliphatic carbocycles. The summed E-state index contributed by atoms with van der Waals surface area (Å²) in [5.41, 5.74) is 13.2. The van der Waals surface area contributed by atoms with Gasteiger partial charge in [0.1, 0.15) is 11.6 Å². The predicted octanol–water partition coefficient (Wildman–Crippen LogP) is 3.72. The van der Waals surface area contributed by atoms with Crippen molar-refractivity contribution >= 4 is 40.1 Å². The van der Waals surface area contributed by atoms with Gasteiger partial charge in [-0.1, -0.05) is 36.4 Å². The largest absolute Gasteiger partial charge is 0.423 e. The molecule has 0 radical (unpaired) electrons. The number of rotatable bonds is 5. The average molecular weight is 451 g/mol. The fourth-order valence-electron chi connectivity index (χ4n) is 3.24. The van der Waals surface area contributed by atoms with Crippen LogP contribution in [0.3, 0.4) is 0 Å². The lowest BCUT2D eigenvalue weighted by atomic mass is 10.1. The summed E-state index contributed by atoms with van der Waals surface area (Å²) in [6.45, 7) is 0. The lowest BCUT2D eigenvalue weighted by molar-refractivity contribution is 0.0734. The number of amidine groups is 1. The molecule has 4 aromatic carbocycles. The Balaban J connectivity index is 1.41. The summed E-state index contributed by atoms with van der Waals surface area (Å²) in [4.78, 5) is 28.8. The zero-order valence-electron chi connectivity index (χ0n) is 18.0. The van der Waals surface area contributed by atoms with E-state index in [9.17, 15) is 9.59 Å². The van der Waals surface area contributed by atoms with Crippen LogP contribution in [-0.4, -0.2) is 23.7 Å². The molecule has 0 saturated heterocycles. The summed E-state index contributed by atoms with van der Waals surface area (Å²) < 4.78 is 5.49. The topological polar surface area (TPSA) is 144 Å². The number of fused-ring (bicyclic) bond motifs is 1. The first-order chi connectivity index (χ1) is 16.4. The minimum absolute atomic E-state index is 0.00878. The monoisotopic (exact) mass is 451 g/mol. The van der Waals surface area contributed by atoms with Crippen LogP contribution in [-0.2, 0) is 0 Å². The number of hydrogen-bond donors (Lipinski definition) is 4. The van der Waals surface area contributed by atoms with Crippen LogP contribution >= 0.6 is 0 Å². The highest BCUT2D eigenvalue weighted by atomic mass is 16.5. The number of amides is 1. The summed E-state index contributed by atoms with van der Waals surface area (Å²) in [6, 6.07) is 25.6. The molecule has 6 N–H and O–H groups in total. The number of benzene rings is 4. The van der Waals surface area contributed by atoms with E-state index in [4.69, 9.17) is 21.6 Å². The third-order valence-corrected chi connectivity index (χ3v) is 4.96. The van der Waals surface area contributed by atoms with E-state index in [2.05, 4.69) is 10.3 Å². The normalized spacial score (nSPS) is 11.1. The second kappa shape index (κ2) is 9.66. The third kappa shape index (κ3) is 5.25. The Morgan fingerprint density at radius 2 is 1.41 bits per heavy atom. The minimum Gasteiger partial charge on any atom is -0.423 e. The van der Waals surface area contributed by atoms with Crippen molar-refractivity contribution in [1.82, 2.24) is 5.32 Å². The van der Waals surface area contributed by atoms with Gasteiger partial charge in [-0.05, 0) is 65.4 Å². The van der Waals surface area contributed by atoms with Crippen molar-refractivity contribution in [3.63, 3.8) is 0 Å².